The summed E-state index contributed by atoms with van der Waals surface area (Å²) in [5, 5.41) is 21.1. The zero-order valence-corrected chi connectivity index (χ0v) is 14.7. The second-order valence-corrected chi connectivity index (χ2v) is 6.32. The summed E-state index contributed by atoms with van der Waals surface area (Å²) >= 11 is 0. The predicted octanol–water partition coefficient (Wildman–Crippen LogP) is 4.19. The molecule has 0 aliphatic rings. The van der Waals surface area contributed by atoms with E-state index in [9.17, 15) is 15.3 Å². The molecular formula is C23H14N4O. The average Bonchev–Trinajstić information content (AvgIpc) is 2.73. The Hall–Kier alpha value is -4.35. The van der Waals surface area contributed by atoms with Crippen LogP contribution in [0.4, 0.5) is 5.82 Å². The molecule has 0 saturated heterocycles. The Labute approximate surface area is 160 Å². The van der Waals surface area contributed by atoms with Gasteiger partial charge in [0.05, 0.1) is 0 Å². The number of aromatic nitrogens is 1. The molecule has 0 aliphatic carbocycles. The van der Waals surface area contributed by atoms with Gasteiger partial charge in [-0.1, -0.05) is 66.7 Å². The summed E-state index contributed by atoms with van der Waals surface area (Å²) in [6.45, 7) is 0. The van der Waals surface area contributed by atoms with Crippen molar-refractivity contribution in [1.29, 1.82) is 10.5 Å². The lowest BCUT2D eigenvalue weighted by Crippen LogP contribution is -2.16. The molecule has 0 amide bonds. The summed E-state index contributed by atoms with van der Waals surface area (Å²) in [6, 6.07) is 25.5. The highest BCUT2D eigenvalue weighted by Gasteiger charge is 2.18. The Balaban J connectivity index is 1.90. The first-order valence-electron chi connectivity index (χ1n) is 8.58. The van der Waals surface area contributed by atoms with Gasteiger partial charge in [0.15, 0.2) is 0 Å². The maximum absolute atomic E-state index is 12.1. The van der Waals surface area contributed by atoms with E-state index in [1.165, 1.54) is 0 Å². The molecule has 28 heavy (non-hydrogen) atoms. The number of fused-ring (bicyclic) bond motifs is 1. The van der Waals surface area contributed by atoms with Crippen molar-refractivity contribution in [3.8, 4) is 34.4 Å². The van der Waals surface area contributed by atoms with Gasteiger partial charge in [-0.05, 0) is 27.5 Å². The number of nitriles is 2. The minimum absolute atomic E-state index is 0.0420. The second-order valence-electron chi connectivity index (χ2n) is 6.32. The smallest absolute Gasteiger partial charge is 0.268 e. The number of benzene rings is 3. The van der Waals surface area contributed by atoms with Crippen LogP contribution in [0, 0.1) is 22.7 Å². The topological polar surface area (TPSA) is 106 Å². The van der Waals surface area contributed by atoms with Crippen molar-refractivity contribution in [2.45, 2.75) is 0 Å². The fourth-order valence-electron chi connectivity index (χ4n) is 3.43. The number of pyridine rings is 1. The lowest BCUT2D eigenvalue weighted by molar-refractivity contribution is 1.21. The molecule has 1 heterocycles. The molecule has 0 saturated carbocycles. The number of hydrogen-bond acceptors (Lipinski definition) is 4. The van der Waals surface area contributed by atoms with Gasteiger partial charge in [-0.3, -0.25) is 4.79 Å². The van der Waals surface area contributed by atoms with Crippen molar-refractivity contribution in [2.24, 2.45) is 0 Å². The maximum Gasteiger partial charge on any atom is 0.268 e. The zero-order valence-electron chi connectivity index (χ0n) is 14.7. The quantitative estimate of drug-likeness (QED) is 0.557. The number of nitrogens with two attached hydrogens (primary N) is 1. The third-order valence-electron chi connectivity index (χ3n) is 4.74. The number of hydrogen-bond donors (Lipinski definition) is 2. The standard InChI is InChI=1S/C23H14N4O/c24-12-19-21(20(13-25)23(28)27-22(19)26)16-10-8-15(9-11-16)18-7-3-5-14-4-1-2-6-17(14)18/h1-11H,(H3,26,27,28). The normalized spacial score (nSPS) is 10.4. The van der Waals surface area contributed by atoms with Crippen LogP contribution in [0.3, 0.4) is 0 Å². The summed E-state index contributed by atoms with van der Waals surface area (Å²) in [4.78, 5) is 14.5. The molecule has 5 nitrogen and oxygen atoms in total. The summed E-state index contributed by atoms with van der Waals surface area (Å²) < 4.78 is 0. The summed E-state index contributed by atoms with van der Waals surface area (Å²) in [6.07, 6.45) is 0. The van der Waals surface area contributed by atoms with E-state index in [0.717, 1.165) is 21.9 Å². The van der Waals surface area contributed by atoms with Gasteiger partial charge in [0.25, 0.3) is 5.56 Å². The molecule has 0 atom stereocenters. The number of nitrogens with one attached hydrogen (secondary N) is 1. The van der Waals surface area contributed by atoms with E-state index >= 15 is 0 Å². The third kappa shape index (κ3) is 2.68. The first-order valence-corrected chi connectivity index (χ1v) is 8.58. The van der Waals surface area contributed by atoms with Crippen LogP contribution >= 0.6 is 0 Å². The summed E-state index contributed by atoms with van der Waals surface area (Å²) in [5.41, 5.74) is 8.08. The van der Waals surface area contributed by atoms with Gasteiger partial charge in [-0.15, -0.1) is 0 Å². The first kappa shape index (κ1) is 17.1. The van der Waals surface area contributed by atoms with Gasteiger partial charge in [0.2, 0.25) is 0 Å². The molecule has 0 spiro atoms. The van der Waals surface area contributed by atoms with Crippen LogP contribution in [0.15, 0.2) is 71.5 Å². The number of rotatable bonds is 2. The minimum atomic E-state index is -0.605. The Morgan fingerprint density at radius 3 is 2.14 bits per heavy atom. The highest BCUT2D eigenvalue weighted by atomic mass is 16.1. The number of aromatic amines is 1. The van der Waals surface area contributed by atoms with Crippen LogP contribution < -0.4 is 11.3 Å². The molecule has 4 rings (SSSR count). The van der Waals surface area contributed by atoms with Gasteiger partial charge >= 0.3 is 0 Å². The Bertz CT molecular complexity index is 1350. The molecule has 3 aromatic carbocycles. The summed E-state index contributed by atoms with van der Waals surface area (Å²) in [7, 11) is 0. The number of H-pyrrole nitrogens is 1. The fraction of sp³-hybridized carbons (Fsp3) is 0. The summed E-state index contributed by atoms with van der Waals surface area (Å²) in [5.74, 6) is -0.0420. The van der Waals surface area contributed by atoms with Gasteiger partial charge < -0.3 is 10.7 Å². The van der Waals surface area contributed by atoms with Crippen LogP contribution in [-0.2, 0) is 0 Å². The van der Waals surface area contributed by atoms with E-state index in [2.05, 4.69) is 23.2 Å². The molecule has 0 bridgehead atoms. The second kappa shape index (κ2) is 6.75. The highest BCUT2D eigenvalue weighted by Crippen LogP contribution is 2.32. The molecule has 5 heteroatoms. The van der Waals surface area contributed by atoms with E-state index in [-0.39, 0.29) is 22.5 Å². The van der Waals surface area contributed by atoms with Crippen molar-refractivity contribution >= 4 is 16.6 Å². The van der Waals surface area contributed by atoms with Gasteiger partial charge in [0.1, 0.15) is 29.1 Å². The molecule has 0 unspecified atom stereocenters. The van der Waals surface area contributed by atoms with Crippen molar-refractivity contribution in [2.75, 3.05) is 5.73 Å². The molecule has 1 aromatic heterocycles. The van der Waals surface area contributed by atoms with Crippen LogP contribution in [0.2, 0.25) is 0 Å². The van der Waals surface area contributed by atoms with Crippen molar-refractivity contribution in [3.63, 3.8) is 0 Å². The highest BCUT2D eigenvalue weighted by molar-refractivity contribution is 5.97. The monoisotopic (exact) mass is 362 g/mol. The molecule has 132 valence electrons. The molecule has 0 aliphatic heterocycles. The van der Waals surface area contributed by atoms with E-state index < -0.39 is 5.56 Å². The maximum atomic E-state index is 12.1. The number of nitrogen functional groups attached to an aromatic ring is 1. The van der Waals surface area contributed by atoms with Crippen molar-refractivity contribution < 1.29 is 0 Å². The molecule has 0 fully saturated rings. The average molecular weight is 362 g/mol. The minimum Gasteiger partial charge on any atom is -0.384 e. The van der Waals surface area contributed by atoms with Gasteiger partial charge in [-0.2, -0.15) is 10.5 Å². The van der Waals surface area contributed by atoms with E-state index in [0.29, 0.717) is 5.56 Å². The Morgan fingerprint density at radius 2 is 1.43 bits per heavy atom. The third-order valence-corrected chi connectivity index (χ3v) is 4.74. The van der Waals surface area contributed by atoms with Gasteiger partial charge in [0, 0.05) is 5.56 Å². The lowest BCUT2D eigenvalue weighted by atomic mass is 9.93. The van der Waals surface area contributed by atoms with E-state index in [1.54, 1.807) is 12.1 Å². The van der Waals surface area contributed by atoms with E-state index in [1.807, 2.05) is 48.5 Å². The van der Waals surface area contributed by atoms with Crippen LogP contribution in [0.1, 0.15) is 11.1 Å². The molecule has 0 radical (unpaired) electrons. The molecule has 3 N–H and O–H groups in total. The Kier molecular flexibility index (Phi) is 4.12. The van der Waals surface area contributed by atoms with Gasteiger partial charge in [-0.25, -0.2) is 0 Å². The number of anilines is 1. The van der Waals surface area contributed by atoms with Crippen molar-refractivity contribution in [3.05, 3.63) is 88.2 Å². The fourth-order valence-corrected chi connectivity index (χ4v) is 3.43. The Morgan fingerprint density at radius 1 is 0.786 bits per heavy atom. The molecular weight excluding hydrogens is 348 g/mol. The van der Waals surface area contributed by atoms with E-state index in [4.69, 9.17) is 5.73 Å². The van der Waals surface area contributed by atoms with Crippen LogP contribution in [0.5, 0.6) is 0 Å². The predicted molar refractivity (Wildman–Crippen MR) is 109 cm³/mol. The largest absolute Gasteiger partial charge is 0.384 e. The van der Waals surface area contributed by atoms with Crippen LogP contribution in [0.25, 0.3) is 33.0 Å². The van der Waals surface area contributed by atoms with Crippen LogP contribution in [-0.4, -0.2) is 4.98 Å². The number of nitrogens with zero attached hydrogens (tertiary/aromatic N) is 2. The first-order chi connectivity index (χ1) is 13.6. The van der Waals surface area contributed by atoms with Crippen molar-refractivity contribution in [1.82, 2.24) is 4.98 Å². The zero-order chi connectivity index (χ0) is 19.7. The molecule has 4 aromatic rings. The SMILES string of the molecule is N#Cc1c(N)[nH]c(=O)c(C#N)c1-c1ccc(-c2cccc3ccccc23)cc1. The lowest BCUT2D eigenvalue weighted by Gasteiger charge is -2.11.